The Morgan fingerprint density at radius 2 is 1.53 bits per heavy atom. The van der Waals surface area contributed by atoms with E-state index in [4.69, 9.17) is 0 Å². The fourth-order valence-corrected chi connectivity index (χ4v) is 2.04. The quantitative estimate of drug-likeness (QED) is 0.469. The molecule has 1 aliphatic carbocycles. The van der Waals surface area contributed by atoms with Crippen molar-refractivity contribution in [3.8, 4) is 0 Å². The average molecular weight is 207 g/mol. The summed E-state index contributed by atoms with van der Waals surface area (Å²) in [5.74, 6) is 0. The molecule has 84 valence electrons. The van der Waals surface area contributed by atoms with E-state index < -0.39 is 0 Å². The van der Waals surface area contributed by atoms with Crippen molar-refractivity contribution in [2.45, 2.75) is 64.2 Å². The number of rotatable bonds is 1. The zero-order valence-electron chi connectivity index (χ0n) is 9.50. The molecule has 1 aliphatic rings. The lowest BCUT2D eigenvalue weighted by molar-refractivity contribution is 0.556. The SMILES string of the molecule is O=C=NC1=CCCCCCCCCCC1. The molecule has 0 saturated heterocycles. The molecular weight excluding hydrogens is 186 g/mol. The van der Waals surface area contributed by atoms with Crippen LogP contribution in [-0.2, 0) is 4.79 Å². The molecule has 0 aromatic carbocycles. The molecule has 2 nitrogen and oxygen atoms in total. The second kappa shape index (κ2) is 8.43. The molecule has 0 aliphatic heterocycles. The van der Waals surface area contributed by atoms with Gasteiger partial charge in [0, 0.05) is 5.70 Å². The average Bonchev–Trinajstić information content (AvgIpc) is 2.22. The van der Waals surface area contributed by atoms with Crippen LogP contribution in [0.1, 0.15) is 64.2 Å². The molecule has 0 fully saturated rings. The monoisotopic (exact) mass is 207 g/mol. The predicted molar refractivity (Wildman–Crippen MR) is 62.4 cm³/mol. The van der Waals surface area contributed by atoms with Gasteiger partial charge in [-0.15, -0.1) is 0 Å². The van der Waals surface area contributed by atoms with E-state index in [0.717, 1.165) is 25.0 Å². The van der Waals surface area contributed by atoms with Crippen molar-refractivity contribution >= 4 is 6.08 Å². The van der Waals surface area contributed by atoms with E-state index in [0.29, 0.717) is 0 Å². The molecule has 0 atom stereocenters. The summed E-state index contributed by atoms with van der Waals surface area (Å²) >= 11 is 0. The molecule has 0 amide bonds. The summed E-state index contributed by atoms with van der Waals surface area (Å²) in [4.78, 5) is 14.0. The maximum Gasteiger partial charge on any atom is 0.240 e. The van der Waals surface area contributed by atoms with Crippen LogP contribution in [0.3, 0.4) is 0 Å². The van der Waals surface area contributed by atoms with E-state index in [9.17, 15) is 4.79 Å². The minimum absolute atomic E-state index is 0.950. The Hall–Kier alpha value is -0.880. The van der Waals surface area contributed by atoms with E-state index in [1.807, 2.05) is 0 Å². The lowest BCUT2D eigenvalue weighted by atomic mass is 10.0. The van der Waals surface area contributed by atoms with Gasteiger partial charge in [-0.05, 0) is 25.7 Å². The van der Waals surface area contributed by atoms with Gasteiger partial charge in [-0.2, -0.15) is 4.99 Å². The molecule has 0 unspecified atom stereocenters. The highest BCUT2D eigenvalue weighted by molar-refractivity contribution is 5.36. The van der Waals surface area contributed by atoms with Crippen LogP contribution in [0.5, 0.6) is 0 Å². The summed E-state index contributed by atoms with van der Waals surface area (Å²) in [6.45, 7) is 0. The molecule has 1 rings (SSSR count). The van der Waals surface area contributed by atoms with E-state index in [1.54, 1.807) is 6.08 Å². The van der Waals surface area contributed by atoms with Gasteiger partial charge in [-0.25, -0.2) is 4.79 Å². The van der Waals surface area contributed by atoms with Crippen LogP contribution in [0.4, 0.5) is 0 Å². The molecule has 0 aromatic rings. The highest BCUT2D eigenvalue weighted by Gasteiger charge is 1.98. The number of carbonyl (C=O) groups excluding carboxylic acids is 1. The van der Waals surface area contributed by atoms with Gasteiger partial charge in [-0.3, -0.25) is 0 Å². The zero-order chi connectivity index (χ0) is 10.8. The third-order valence-electron chi connectivity index (χ3n) is 2.96. The minimum atomic E-state index is 0.950. The summed E-state index contributed by atoms with van der Waals surface area (Å²) in [6, 6.07) is 0. The van der Waals surface area contributed by atoms with Crippen LogP contribution in [0, 0.1) is 0 Å². The van der Waals surface area contributed by atoms with Crippen molar-refractivity contribution < 1.29 is 4.79 Å². The normalized spacial score (nSPS) is 20.4. The van der Waals surface area contributed by atoms with Crippen LogP contribution in [0.25, 0.3) is 0 Å². The Morgan fingerprint density at radius 1 is 0.933 bits per heavy atom. The molecule has 0 heterocycles. The largest absolute Gasteiger partial charge is 0.240 e. The summed E-state index contributed by atoms with van der Waals surface area (Å²) in [5.41, 5.74) is 0.950. The summed E-state index contributed by atoms with van der Waals surface area (Å²) in [7, 11) is 0. The van der Waals surface area contributed by atoms with E-state index in [2.05, 4.69) is 11.1 Å². The van der Waals surface area contributed by atoms with Crippen LogP contribution in [0.2, 0.25) is 0 Å². The first-order chi connectivity index (χ1) is 7.43. The van der Waals surface area contributed by atoms with Gasteiger partial charge < -0.3 is 0 Å². The molecule has 0 N–H and O–H groups in total. The third kappa shape index (κ3) is 6.24. The lowest BCUT2D eigenvalue weighted by Crippen LogP contribution is -1.86. The van der Waals surface area contributed by atoms with Crippen molar-refractivity contribution in [2.75, 3.05) is 0 Å². The molecule has 0 radical (unpaired) electrons. The van der Waals surface area contributed by atoms with Gasteiger partial charge in [0.15, 0.2) is 0 Å². The highest BCUT2D eigenvalue weighted by Crippen LogP contribution is 2.16. The molecule has 15 heavy (non-hydrogen) atoms. The van der Waals surface area contributed by atoms with Crippen molar-refractivity contribution in [1.82, 2.24) is 0 Å². The first-order valence-electron chi connectivity index (χ1n) is 6.20. The van der Waals surface area contributed by atoms with Crippen molar-refractivity contribution in [1.29, 1.82) is 0 Å². The summed E-state index contributed by atoms with van der Waals surface area (Å²) in [5, 5.41) is 0. The Morgan fingerprint density at radius 3 is 2.20 bits per heavy atom. The molecule has 0 aromatic heterocycles. The van der Waals surface area contributed by atoms with E-state index >= 15 is 0 Å². The van der Waals surface area contributed by atoms with Gasteiger partial charge in [0.05, 0.1) is 0 Å². The smallest absolute Gasteiger partial charge is 0.211 e. The summed E-state index contributed by atoms with van der Waals surface area (Å²) in [6.07, 6.45) is 16.2. The van der Waals surface area contributed by atoms with Crippen LogP contribution in [0.15, 0.2) is 16.8 Å². The fourth-order valence-electron chi connectivity index (χ4n) is 2.04. The number of aliphatic imine (C=N–C) groups is 1. The Labute approximate surface area is 92.5 Å². The van der Waals surface area contributed by atoms with Gasteiger partial charge in [0.1, 0.15) is 0 Å². The number of hydrogen-bond acceptors (Lipinski definition) is 2. The number of isocyanates is 1. The second-order valence-corrected chi connectivity index (χ2v) is 4.27. The predicted octanol–water partition coefficient (Wildman–Crippen LogP) is 4.12. The van der Waals surface area contributed by atoms with Crippen LogP contribution >= 0.6 is 0 Å². The molecule has 0 spiro atoms. The molecule has 0 bridgehead atoms. The van der Waals surface area contributed by atoms with Gasteiger partial charge >= 0.3 is 0 Å². The maximum absolute atomic E-state index is 10.2. The molecule has 0 saturated carbocycles. The number of hydrogen-bond donors (Lipinski definition) is 0. The van der Waals surface area contributed by atoms with Gasteiger partial charge in [-0.1, -0.05) is 44.6 Å². The second-order valence-electron chi connectivity index (χ2n) is 4.27. The standard InChI is InChI=1S/C13H21NO/c15-12-14-13-10-8-6-4-2-1-3-5-7-9-11-13/h10H,1-9,11H2. The Bertz CT molecular complexity index is 239. The van der Waals surface area contributed by atoms with E-state index in [1.165, 1.54) is 44.9 Å². The van der Waals surface area contributed by atoms with Crippen LogP contribution in [-0.4, -0.2) is 6.08 Å². The Kier molecular flexibility index (Phi) is 6.85. The fraction of sp³-hybridized carbons (Fsp3) is 0.769. The first-order valence-corrected chi connectivity index (χ1v) is 6.20. The minimum Gasteiger partial charge on any atom is -0.211 e. The highest BCUT2D eigenvalue weighted by atomic mass is 16.1. The number of allylic oxidation sites excluding steroid dienone is 2. The van der Waals surface area contributed by atoms with Gasteiger partial charge in [0.25, 0.3) is 0 Å². The molecular formula is C13H21NO. The lowest BCUT2D eigenvalue weighted by Gasteiger charge is -2.05. The first kappa shape index (κ1) is 12.2. The van der Waals surface area contributed by atoms with Crippen LogP contribution < -0.4 is 0 Å². The van der Waals surface area contributed by atoms with Crippen molar-refractivity contribution in [3.63, 3.8) is 0 Å². The zero-order valence-corrected chi connectivity index (χ0v) is 9.50. The van der Waals surface area contributed by atoms with E-state index in [-0.39, 0.29) is 0 Å². The topological polar surface area (TPSA) is 29.4 Å². The summed E-state index contributed by atoms with van der Waals surface area (Å²) < 4.78 is 0. The molecule has 2 heteroatoms. The van der Waals surface area contributed by atoms with Crippen molar-refractivity contribution in [2.24, 2.45) is 4.99 Å². The number of nitrogens with zero attached hydrogens (tertiary/aromatic N) is 1. The van der Waals surface area contributed by atoms with Crippen molar-refractivity contribution in [3.05, 3.63) is 11.8 Å². The van der Waals surface area contributed by atoms with Gasteiger partial charge in [0.2, 0.25) is 6.08 Å². The maximum atomic E-state index is 10.2. The third-order valence-corrected chi connectivity index (χ3v) is 2.96. The Balaban J connectivity index is 2.41.